The third kappa shape index (κ3) is 6.26. The van der Waals surface area contributed by atoms with Crippen molar-refractivity contribution in [2.24, 2.45) is 0 Å². The van der Waals surface area contributed by atoms with Gasteiger partial charge in [-0.3, -0.25) is 0 Å². The van der Waals surface area contributed by atoms with E-state index in [1.807, 2.05) is 6.07 Å². The van der Waals surface area contributed by atoms with Crippen LogP contribution in [0.3, 0.4) is 0 Å². The summed E-state index contributed by atoms with van der Waals surface area (Å²) in [6.45, 7) is 0. The molecule has 0 fully saturated rings. The molecule has 11 aromatic carbocycles. The Hall–Kier alpha value is -8.72. The lowest BCUT2D eigenvalue weighted by Crippen LogP contribution is -2.28. The smallest absolute Gasteiger partial charge is 0.143 e. The normalized spacial score (nSPS) is 12.6. The maximum absolute atomic E-state index is 6.39. The average molecular weight is 854 g/mol. The number of furan rings is 1. The highest BCUT2D eigenvalue weighted by Gasteiger charge is 2.46. The van der Waals surface area contributed by atoms with Crippen molar-refractivity contribution in [2.75, 3.05) is 4.90 Å². The van der Waals surface area contributed by atoms with Gasteiger partial charge in [-0.15, -0.1) is 0 Å². The lowest BCUT2D eigenvalue weighted by Gasteiger charge is -2.34. The number of para-hydroxylation sites is 2. The van der Waals surface area contributed by atoms with Gasteiger partial charge in [0, 0.05) is 33.2 Å². The molecule has 0 saturated heterocycles. The molecule has 0 atom stereocenters. The second-order valence-electron chi connectivity index (χ2n) is 17.6. The second-order valence-corrected chi connectivity index (χ2v) is 17.6. The molecule has 67 heavy (non-hydrogen) atoms. The molecule has 1 aliphatic carbocycles. The summed E-state index contributed by atoms with van der Waals surface area (Å²) in [7, 11) is 0. The zero-order chi connectivity index (χ0) is 44.3. The molecule has 12 aromatic rings. The van der Waals surface area contributed by atoms with E-state index in [0.717, 1.165) is 44.4 Å². The van der Waals surface area contributed by atoms with Gasteiger partial charge in [0.2, 0.25) is 0 Å². The molecule has 0 unspecified atom stereocenters. The number of fused-ring (bicyclic) bond motifs is 8. The van der Waals surface area contributed by atoms with Crippen LogP contribution < -0.4 is 4.90 Å². The van der Waals surface area contributed by atoms with Crippen molar-refractivity contribution < 1.29 is 4.42 Å². The van der Waals surface area contributed by atoms with E-state index in [-0.39, 0.29) is 0 Å². The van der Waals surface area contributed by atoms with Gasteiger partial charge >= 0.3 is 0 Å². The molecule has 13 rings (SSSR count). The Kier molecular flexibility index (Phi) is 9.11. The standard InChI is InChI=1S/C65H43NO/c1-4-16-49(17-5-1)65(50-18-6-2-7-19-50)61-26-14-12-23-55(61)56-41-36-48(42-62(56)65)46-34-39-53(40-35-46)66(51-20-8-3-9-21-51)52-37-32-45(33-38-52)44-28-30-47(31-29-44)59-43-60-57-24-13-15-27-63(57)67-64(60)58-25-11-10-22-54(58)59/h1-43H. The van der Waals surface area contributed by atoms with Gasteiger partial charge in [0.1, 0.15) is 11.2 Å². The molecule has 0 spiro atoms. The van der Waals surface area contributed by atoms with Crippen LogP contribution in [0, 0.1) is 0 Å². The quantitative estimate of drug-likeness (QED) is 0.151. The van der Waals surface area contributed by atoms with E-state index in [0.29, 0.717) is 0 Å². The van der Waals surface area contributed by atoms with Crippen LogP contribution in [0.15, 0.2) is 265 Å². The Morgan fingerprint density at radius 3 is 1.40 bits per heavy atom. The molecule has 0 amide bonds. The number of hydrogen-bond donors (Lipinski definition) is 0. The molecule has 314 valence electrons. The van der Waals surface area contributed by atoms with Crippen LogP contribution >= 0.6 is 0 Å². The van der Waals surface area contributed by atoms with Crippen LogP contribution in [0.1, 0.15) is 22.3 Å². The van der Waals surface area contributed by atoms with E-state index >= 15 is 0 Å². The lowest BCUT2D eigenvalue weighted by atomic mass is 9.67. The van der Waals surface area contributed by atoms with Gasteiger partial charge in [-0.1, -0.05) is 206 Å². The monoisotopic (exact) mass is 853 g/mol. The maximum Gasteiger partial charge on any atom is 0.143 e. The third-order valence-electron chi connectivity index (χ3n) is 14.0. The summed E-state index contributed by atoms with van der Waals surface area (Å²) in [5.41, 5.74) is 19.6. The topological polar surface area (TPSA) is 16.4 Å². The van der Waals surface area contributed by atoms with Crippen molar-refractivity contribution >= 4 is 49.8 Å². The SMILES string of the molecule is c1ccc(N(c2ccc(-c3ccc(-c4cc5c6ccccc6oc5c5ccccc45)cc3)cc2)c2ccc(-c3ccc4c(c3)C(c3ccccc3)(c3ccccc3)c3ccccc3-4)cc2)cc1. The highest BCUT2D eigenvalue weighted by atomic mass is 16.3. The summed E-state index contributed by atoms with van der Waals surface area (Å²) in [4.78, 5) is 2.34. The maximum atomic E-state index is 6.39. The molecule has 0 bridgehead atoms. The molecule has 1 heterocycles. The van der Waals surface area contributed by atoms with Gasteiger partial charge in [-0.25, -0.2) is 0 Å². The summed E-state index contributed by atoms with van der Waals surface area (Å²) in [6, 6.07) is 94.9. The van der Waals surface area contributed by atoms with Gasteiger partial charge in [-0.2, -0.15) is 0 Å². The largest absolute Gasteiger partial charge is 0.455 e. The first-order valence-electron chi connectivity index (χ1n) is 23.1. The Bertz CT molecular complexity index is 3720. The van der Waals surface area contributed by atoms with Gasteiger partial charge in [0.25, 0.3) is 0 Å². The molecule has 0 aliphatic heterocycles. The van der Waals surface area contributed by atoms with Crippen molar-refractivity contribution in [3.63, 3.8) is 0 Å². The summed E-state index contributed by atoms with van der Waals surface area (Å²) >= 11 is 0. The first-order valence-corrected chi connectivity index (χ1v) is 23.1. The number of nitrogens with zero attached hydrogens (tertiary/aromatic N) is 1. The highest BCUT2D eigenvalue weighted by Crippen LogP contribution is 2.57. The van der Waals surface area contributed by atoms with E-state index in [2.05, 4.69) is 260 Å². The Morgan fingerprint density at radius 1 is 0.284 bits per heavy atom. The fourth-order valence-electron chi connectivity index (χ4n) is 10.9. The van der Waals surface area contributed by atoms with E-state index in [1.165, 1.54) is 72.1 Å². The zero-order valence-corrected chi connectivity index (χ0v) is 36.7. The van der Waals surface area contributed by atoms with Gasteiger partial charge < -0.3 is 9.32 Å². The number of benzene rings is 11. The molecular weight excluding hydrogens is 811 g/mol. The van der Waals surface area contributed by atoms with Crippen LogP contribution in [0.4, 0.5) is 17.1 Å². The van der Waals surface area contributed by atoms with Crippen molar-refractivity contribution in [3.05, 3.63) is 283 Å². The van der Waals surface area contributed by atoms with E-state index in [1.54, 1.807) is 0 Å². The first-order chi connectivity index (χ1) is 33.2. The van der Waals surface area contributed by atoms with Crippen LogP contribution in [0.25, 0.3) is 77.2 Å². The molecule has 1 aliphatic rings. The second kappa shape index (κ2) is 15.8. The molecule has 0 saturated carbocycles. The van der Waals surface area contributed by atoms with Crippen molar-refractivity contribution in [1.29, 1.82) is 0 Å². The minimum Gasteiger partial charge on any atom is -0.455 e. The highest BCUT2D eigenvalue weighted by molar-refractivity contribution is 6.19. The molecule has 1 aromatic heterocycles. The number of hydrogen-bond acceptors (Lipinski definition) is 2. The zero-order valence-electron chi connectivity index (χ0n) is 36.7. The number of rotatable bonds is 8. The van der Waals surface area contributed by atoms with Gasteiger partial charge in [-0.05, 0) is 127 Å². The third-order valence-corrected chi connectivity index (χ3v) is 14.0. The van der Waals surface area contributed by atoms with E-state index in [9.17, 15) is 0 Å². The van der Waals surface area contributed by atoms with Crippen LogP contribution in [-0.4, -0.2) is 0 Å². The van der Waals surface area contributed by atoms with E-state index in [4.69, 9.17) is 4.42 Å². The average Bonchev–Trinajstić information content (AvgIpc) is 3.94. The summed E-state index contributed by atoms with van der Waals surface area (Å²) in [5, 5.41) is 4.60. The molecular formula is C65H43NO. The van der Waals surface area contributed by atoms with Gasteiger partial charge in [0.05, 0.1) is 5.41 Å². The first kappa shape index (κ1) is 38.7. The van der Waals surface area contributed by atoms with Crippen molar-refractivity contribution in [2.45, 2.75) is 5.41 Å². The molecule has 0 N–H and O–H groups in total. The minimum absolute atomic E-state index is 0.442. The summed E-state index contributed by atoms with van der Waals surface area (Å²) in [5.74, 6) is 0. The fraction of sp³-hybridized carbons (Fsp3) is 0.0154. The van der Waals surface area contributed by atoms with E-state index < -0.39 is 5.41 Å². The van der Waals surface area contributed by atoms with Crippen LogP contribution in [-0.2, 0) is 5.41 Å². The Balaban J connectivity index is 0.836. The fourth-order valence-corrected chi connectivity index (χ4v) is 10.9. The summed E-state index contributed by atoms with van der Waals surface area (Å²) < 4.78 is 6.39. The lowest BCUT2D eigenvalue weighted by molar-refractivity contribution is 0.672. The Labute approximate surface area is 390 Å². The minimum atomic E-state index is -0.442. The molecule has 2 nitrogen and oxygen atoms in total. The van der Waals surface area contributed by atoms with Crippen LogP contribution in [0.5, 0.6) is 0 Å². The predicted molar refractivity (Wildman–Crippen MR) is 280 cm³/mol. The van der Waals surface area contributed by atoms with Crippen molar-refractivity contribution in [1.82, 2.24) is 0 Å². The van der Waals surface area contributed by atoms with Gasteiger partial charge in [0.15, 0.2) is 0 Å². The molecule has 2 heteroatoms. The van der Waals surface area contributed by atoms with Crippen molar-refractivity contribution in [3.8, 4) is 44.5 Å². The summed E-state index contributed by atoms with van der Waals surface area (Å²) in [6.07, 6.45) is 0. The molecule has 0 radical (unpaired) electrons. The predicted octanol–water partition coefficient (Wildman–Crippen LogP) is 17.6. The Morgan fingerprint density at radius 2 is 0.746 bits per heavy atom. The number of anilines is 3. The van der Waals surface area contributed by atoms with Crippen LogP contribution in [0.2, 0.25) is 0 Å².